The second kappa shape index (κ2) is 7.42. The van der Waals surface area contributed by atoms with E-state index in [0.29, 0.717) is 25.9 Å². The number of carbonyl (C=O) groups is 2. The Balaban J connectivity index is 1.56. The van der Waals surface area contributed by atoms with Crippen molar-refractivity contribution in [3.8, 4) is 0 Å². The Morgan fingerprint density at radius 1 is 1.08 bits per heavy atom. The standard InChI is InChI=1S/C19H31NO4/c1-24-13-19(18(22)23)8-10-20(11-9-19)17(21)16-7-6-14-4-2-3-5-15(14)12-16/h14-16H,2-13H2,1H3,(H,22,23). The molecule has 1 N–H and O–H groups in total. The molecule has 3 rings (SSSR count). The zero-order chi connectivity index (χ0) is 17.2. The maximum atomic E-state index is 12.9. The Morgan fingerprint density at radius 2 is 1.75 bits per heavy atom. The van der Waals surface area contributed by atoms with Gasteiger partial charge in [0.1, 0.15) is 0 Å². The third-order valence-electron chi connectivity index (χ3n) is 6.80. The molecular formula is C19H31NO4. The summed E-state index contributed by atoms with van der Waals surface area (Å²) < 4.78 is 5.13. The highest BCUT2D eigenvalue weighted by molar-refractivity contribution is 5.80. The van der Waals surface area contributed by atoms with E-state index >= 15 is 0 Å². The molecule has 0 aromatic rings. The van der Waals surface area contributed by atoms with E-state index in [9.17, 15) is 14.7 Å². The molecule has 1 aliphatic heterocycles. The number of piperidine rings is 1. The Hall–Kier alpha value is -1.10. The molecule has 0 radical (unpaired) electrons. The first-order valence-corrected chi connectivity index (χ1v) is 9.57. The number of ether oxygens (including phenoxy) is 1. The van der Waals surface area contributed by atoms with Gasteiger partial charge in [-0.3, -0.25) is 9.59 Å². The summed E-state index contributed by atoms with van der Waals surface area (Å²) in [4.78, 5) is 26.5. The van der Waals surface area contributed by atoms with Crippen LogP contribution in [0.2, 0.25) is 0 Å². The number of nitrogens with zero attached hydrogens (tertiary/aromatic N) is 1. The average molecular weight is 337 g/mol. The van der Waals surface area contributed by atoms with Crippen molar-refractivity contribution in [1.82, 2.24) is 4.90 Å². The van der Waals surface area contributed by atoms with Gasteiger partial charge in [0, 0.05) is 26.1 Å². The van der Waals surface area contributed by atoms with Gasteiger partial charge >= 0.3 is 5.97 Å². The van der Waals surface area contributed by atoms with Gasteiger partial charge in [0.15, 0.2) is 0 Å². The molecule has 0 spiro atoms. The smallest absolute Gasteiger partial charge is 0.312 e. The molecule has 1 saturated heterocycles. The van der Waals surface area contributed by atoms with Gasteiger partial charge in [-0.25, -0.2) is 0 Å². The first-order chi connectivity index (χ1) is 11.6. The minimum absolute atomic E-state index is 0.170. The predicted molar refractivity (Wildman–Crippen MR) is 90.5 cm³/mol. The van der Waals surface area contributed by atoms with Crippen LogP contribution in [0.15, 0.2) is 0 Å². The van der Waals surface area contributed by atoms with Crippen molar-refractivity contribution in [3.05, 3.63) is 0 Å². The van der Waals surface area contributed by atoms with E-state index in [4.69, 9.17) is 4.74 Å². The van der Waals surface area contributed by atoms with E-state index in [1.54, 1.807) is 7.11 Å². The minimum atomic E-state index is -0.813. The summed E-state index contributed by atoms with van der Waals surface area (Å²) >= 11 is 0. The molecule has 3 fully saturated rings. The van der Waals surface area contributed by atoms with Gasteiger partial charge in [-0.05, 0) is 43.9 Å². The molecule has 136 valence electrons. The zero-order valence-electron chi connectivity index (χ0n) is 14.8. The maximum absolute atomic E-state index is 12.9. The summed E-state index contributed by atoms with van der Waals surface area (Å²) in [5, 5.41) is 9.54. The Labute approximate surface area is 144 Å². The molecule has 1 heterocycles. The quantitative estimate of drug-likeness (QED) is 0.856. The minimum Gasteiger partial charge on any atom is -0.481 e. The Kier molecular flexibility index (Phi) is 5.48. The van der Waals surface area contributed by atoms with Gasteiger partial charge in [-0.2, -0.15) is 0 Å². The van der Waals surface area contributed by atoms with Crippen molar-refractivity contribution in [2.24, 2.45) is 23.2 Å². The highest BCUT2D eigenvalue weighted by atomic mass is 16.5. The Bertz CT molecular complexity index is 470. The van der Waals surface area contributed by atoms with Crippen molar-refractivity contribution in [1.29, 1.82) is 0 Å². The number of amides is 1. The van der Waals surface area contributed by atoms with Crippen LogP contribution in [0.1, 0.15) is 57.8 Å². The monoisotopic (exact) mass is 337 g/mol. The van der Waals surface area contributed by atoms with Crippen LogP contribution in [0.4, 0.5) is 0 Å². The SMILES string of the molecule is COCC1(C(=O)O)CCN(C(=O)C2CCC3CCCCC3C2)CC1. The van der Waals surface area contributed by atoms with Crippen molar-refractivity contribution in [3.63, 3.8) is 0 Å². The second-order valence-corrected chi connectivity index (χ2v) is 8.16. The van der Waals surface area contributed by atoms with Gasteiger partial charge < -0.3 is 14.7 Å². The van der Waals surface area contributed by atoms with Crippen LogP contribution < -0.4 is 0 Å². The molecule has 5 nitrogen and oxygen atoms in total. The van der Waals surface area contributed by atoms with Crippen LogP contribution in [0.3, 0.4) is 0 Å². The number of carboxylic acid groups (broad SMARTS) is 1. The van der Waals surface area contributed by atoms with Gasteiger partial charge in [-0.15, -0.1) is 0 Å². The number of methoxy groups -OCH3 is 1. The molecule has 0 bridgehead atoms. The predicted octanol–water partition coefficient (Wildman–Crippen LogP) is 2.93. The molecule has 5 heteroatoms. The van der Waals surface area contributed by atoms with Crippen molar-refractivity contribution >= 4 is 11.9 Å². The van der Waals surface area contributed by atoms with Crippen LogP contribution in [0.25, 0.3) is 0 Å². The van der Waals surface area contributed by atoms with E-state index in [-0.39, 0.29) is 18.4 Å². The van der Waals surface area contributed by atoms with Gasteiger partial charge in [0.05, 0.1) is 12.0 Å². The summed E-state index contributed by atoms with van der Waals surface area (Å²) in [5.41, 5.74) is -0.813. The largest absolute Gasteiger partial charge is 0.481 e. The summed E-state index contributed by atoms with van der Waals surface area (Å²) in [7, 11) is 1.55. The van der Waals surface area contributed by atoms with E-state index < -0.39 is 11.4 Å². The van der Waals surface area contributed by atoms with Crippen LogP contribution in [-0.4, -0.2) is 48.7 Å². The fourth-order valence-corrected chi connectivity index (χ4v) is 5.21. The number of aliphatic carboxylic acids is 1. The number of hydrogen-bond acceptors (Lipinski definition) is 3. The molecular weight excluding hydrogens is 306 g/mol. The topological polar surface area (TPSA) is 66.8 Å². The Morgan fingerprint density at radius 3 is 2.38 bits per heavy atom. The number of rotatable bonds is 4. The van der Waals surface area contributed by atoms with Crippen molar-refractivity contribution in [2.45, 2.75) is 57.8 Å². The lowest BCUT2D eigenvalue weighted by Crippen LogP contribution is -2.50. The summed E-state index contributed by atoms with van der Waals surface area (Å²) in [6, 6.07) is 0. The van der Waals surface area contributed by atoms with Crippen molar-refractivity contribution in [2.75, 3.05) is 26.8 Å². The van der Waals surface area contributed by atoms with E-state index in [0.717, 1.165) is 24.7 Å². The highest BCUT2D eigenvalue weighted by Gasteiger charge is 2.44. The highest BCUT2D eigenvalue weighted by Crippen LogP contribution is 2.43. The molecule has 3 aliphatic rings. The fourth-order valence-electron chi connectivity index (χ4n) is 5.21. The lowest BCUT2D eigenvalue weighted by Gasteiger charge is -2.43. The normalized spacial score (nSPS) is 32.9. The molecule has 24 heavy (non-hydrogen) atoms. The molecule has 2 saturated carbocycles. The first-order valence-electron chi connectivity index (χ1n) is 9.57. The molecule has 0 aromatic carbocycles. The average Bonchev–Trinajstić information content (AvgIpc) is 2.61. The lowest BCUT2D eigenvalue weighted by atomic mass is 9.67. The first kappa shape index (κ1) is 17.7. The van der Waals surface area contributed by atoms with Gasteiger partial charge in [0.25, 0.3) is 0 Å². The molecule has 1 amide bonds. The van der Waals surface area contributed by atoms with Gasteiger partial charge in [0.2, 0.25) is 5.91 Å². The second-order valence-electron chi connectivity index (χ2n) is 8.16. The molecule has 3 atom stereocenters. The van der Waals surface area contributed by atoms with E-state index in [2.05, 4.69) is 0 Å². The van der Waals surface area contributed by atoms with E-state index in [1.807, 2.05) is 4.90 Å². The number of carbonyl (C=O) groups excluding carboxylic acids is 1. The molecule has 2 aliphatic carbocycles. The molecule has 0 aromatic heterocycles. The number of hydrogen-bond donors (Lipinski definition) is 1. The number of fused-ring (bicyclic) bond motifs is 1. The van der Waals surface area contributed by atoms with Crippen LogP contribution in [0, 0.1) is 23.2 Å². The van der Waals surface area contributed by atoms with Crippen LogP contribution in [0.5, 0.6) is 0 Å². The lowest BCUT2D eigenvalue weighted by molar-refractivity contribution is -0.159. The van der Waals surface area contributed by atoms with Crippen LogP contribution in [-0.2, 0) is 14.3 Å². The summed E-state index contributed by atoms with van der Waals surface area (Å²) in [6.07, 6.45) is 9.63. The summed E-state index contributed by atoms with van der Waals surface area (Å²) in [6.45, 7) is 1.34. The molecule has 3 unspecified atom stereocenters. The third kappa shape index (κ3) is 3.46. The number of carboxylic acids is 1. The van der Waals surface area contributed by atoms with Crippen molar-refractivity contribution < 1.29 is 19.4 Å². The van der Waals surface area contributed by atoms with E-state index in [1.165, 1.54) is 32.1 Å². The van der Waals surface area contributed by atoms with Gasteiger partial charge in [-0.1, -0.05) is 25.7 Å². The zero-order valence-corrected chi connectivity index (χ0v) is 14.8. The number of likely N-dealkylation sites (tertiary alicyclic amines) is 1. The maximum Gasteiger partial charge on any atom is 0.312 e. The third-order valence-corrected chi connectivity index (χ3v) is 6.80. The van der Waals surface area contributed by atoms with Crippen LogP contribution >= 0.6 is 0 Å². The fraction of sp³-hybridized carbons (Fsp3) is 0.895. The summed E-state index contributed by atoms with van der Waals surface area (Å²) in [5.74, 6) is 1.25.